The summed E-state index contributed by atoms with van der Waals surface area (Å²) in [6.07, 6.45) is 3.69. The van der Waals surface area contributed by atoms with Crippen molar-refractivity contribution in [3.63, 3.8) is 0 Å². The summed E-state index contributed by atoms with van der Waals surface area (Å²) in [5, 5.41) is 2.99. The second kappa shape index (κ2) is 6.31. The maximum atomic E-state index is 12.6. The molecule has 1 aromatic heterocycles. The number of imidazole rings is 1. The molecule has 0 amide bonds. The number of sulfone groups is 1. The molecule has 2 rings (SSSR count). The van der Waals surface area contributed by atoms with E-state index in [-0.39, 0.29) is 17.3 Å². The summed E-state index contributed by atoms with van der Waals surface area (Å²) in [4.78, 5) is 4.11. The van der Waals surface area contributed by atoms with Gasteiger partial charge in [-0.1, -0.05) is 12.1 Å². The molecular formula is C13H15F2N3O2S. The first-order valence-electron chi connectivity index (χ1n) is 6.17. The van der Waals surface area contributed by atoms with Gasteiger partial charge in [-0.15, -0.1) is 0 Å². The number of alkyl halides is 2. The summed E-state index contributed by atoms with van der Waals surface area (Å²) >= 11 is 0. The number of hydrogen-bond acceptors (Lipinski definition) is 4. The SMILES string of the molecule is CS(=O)(=O)c1ccc(CNCc2nccn2C(F)F)cc1. The molecule has 2 aromatic rings. The Hall–Kier alpha value is -1.80. The maximum absolute atomic E-state index is 12.6. The van der Waals surface area contributed by atoms with Gasteiger partial charge < -0.3 is 5.32 Å². The van der Waals surface area contributed by atoms with Crippen molar-refractivity contribution in [2.45, 2.75) is 24.5 Å². The quantitative estimate of drug-likeness (QED) is 0.885. The predicted molar refractivity (Wildman–Crippen MR) is 73.6 cm³/mol. The number of nitrogens with zero attached hydrogens (tertiary/aromatic N) is 2. The van der Waals surface area contributed by atoms with Crippen molar-refractivity contribution >= 4 is 9.84 Å². The Kier molecular flexibility index (Phi) is 4.69. The Morgan fingerprint density at radius 1 is 1.24 bits per heavy atom. The fraction of sp³-hybridized carbons (Fsp3) is 0.308. The molecule has 0 aliphatic carbocycles. The summed E-state index contributed by atoms with van der Waals surface area (Å²) < 4.78 is 48.6. The zero-order valence-corrected chi connectivity index (χ0v) is 12.1. The summed E-state index contributed by atoms with van der Waals surface area (Å²) in [5.41, 5.74) is 0.859. The molecule has 0 unspecified atom stereocenters. The van der Waals surface area contributed by atoms with Crippen LogP contribution in [0.1, 0.15) is 17.9 Å². The minimum absolute atomic E-state index is 0.200. The third-order valence-corrected chi connectivity index (χ3v) is 4.05. The van der Waals surface area contributed by atoms with Crippen molar-refractivity contribution in [2.24, 2.45) is 0 Å². The zero-order chi connectivity index (χ0) is 15.5. The number of hydrogen-bond donors (Lipinski definition) is 1. The van der Waals surface area contributed by atoms with Crippen LogP contribution < -0.4 is 5.32 Å². The highest BCUT2D eigenvalue weighted by molar-refractivity contribution is 7.90. The van der Waals surface area contributed by atoms with Gasteiger partial charge in [0.1, 0.15) is 5.82 Å². The average Bonchev–Trinajstić information content (AvgIpc) is 2.87. The molecule has 21 heavy (non-hydrogen) atoms. The molecular weight excluding hydrogens is 300 g/mol. The lowest BCUT2D eigenvalue weighted by Crippen LogP contribution is -2.17. The van der Waals surface area contributed by atoms with Gasteiger partial charge in [-0.05, 0) is 17.7 Å². The number of halogens is 2. The fourth-order valence-electron chi connectivity index (χ4n) is 1.83. The van der Waals surface area contributed by atoms with Gasteiger partial charge in [0.2, 0.25) is 0 Å². The van der Waals surface area contributed by atoms with Gasteiger partial charge in [-0.2, -0.15) is 8.78 Å². The summed E-state index contributed by atoms with van der Waals surface area (Å²) in [6.45, 7) is -1.98. The van der Waals surface area contributed by atoms with Crippen LogP contribution in [0.2, 0.25) is 0 Å². The molecule has 0 saturated heterocycles. The van der Waals surface area contributed by atoms with Crippen molar-refractivity contribution in [2.75, 3.05) is 6.26 Å². The predicted octanol–water partition coefficient (Wildman–Crippen LogP) is 1.97. The normalized spacial score (nSPS) is 12.0. The minimum Gasteiger partial charge on any atom is -0.306 e. The van der Waals surface area contributed by atoms with E-state index >= 15 is 0 Å². The van der Waals surface area contributed by atoms with E-state index in [9.17, 15) is 17.2 Å². The number of rotatable bonds is 6. The molecule has 0 spiro atoms. The fourth-order valence-corrected chi connectivity index (χ4v) is 2.46. The third kappa shape index (κ3) is 4.08. The van der Waals surface area contributed by atoms with E-state index in [0.717, 1.165) is 16.4 Å². The van der Waals surface area contributed by atoms with Gasteiger partial charge in [-0.25, -0.2) is 13.4 Å². The van der Waals surface area contributed by atoms with Gasteiger partial charge in [0.05, 0.1) is 11.4 Å². The highest BCUT2D eigenvalue weighted by Gasteiger charge is 2.10. The first kappa shape index (κ1) is 15.6. The standard InChI is InChI=1S/C13H15F2N3O2S/c1-21(19,20)11-4-2-10(3-5-11)8-16-9-12-17-6-7-18(12)13(14)15/h2-7,13,16H,8-9H2,1H3. The molecule has 1 heterocycles. The van der Waals surface area contributed by atoms with E-state index in [1.165, 1.54) is 24.5 Å². The lowest BCUT2D eigenvalue weighted by Gasteiger charge is -2.08. The molecule has 114 valence electrons. The molecule has 0 aliphatic rings. The van der Waals surface area contributed by atoms with Crippen LogP contribution in [0.4, 0.5) is 8.78 Å². The number of benzene rings is 1. The molecule has 0 atom stereocenters. The average molecular weight is 315 g/mol. The maximum Gasteiger partial charge on any atom is 0.319 e. The molecule has 5 nitrogen and oxygen atoms in total. The molecule has 1 N–H and O–H groups in total. The molecule has 1 aromatic carbocycles. The van der Waals surface area contributed by atoms with Crippen LogP contribution in [-0.2, 0) is 22.9 Å². The zero-order valence-electron chi connectivity index (χ0n) is 11.3. The van der Waals surface area contributed by atoms with E-state index in [0.29, 0.717) is 6.54 Å². The molecule has 0 radical (unpaired) electrons. The number of aromatic nitrogens is 2. The Morgan fingerprint density at radius 3 is 2.48 bits per heavy atom. The lowest BCUT2D eigenvalue weighted by molar-refractivity contribution is 0.0666. The topological polar surface area (TPSA) is 64.0 Å². The summed E-state index contributed by atoms with van der Waals surface area (Å²) in [6, 6.07) is 6.41. The van der Waals surface area contributed by atoms with Crippen molar-refractivity contribution in [3.05, 3.63) is 48.0 Å². The Bertz CT molecular complexity index is 696. The van der Waals surface area contributed by atoms with Crippen LogP contribution in [0.3, 0.4) is 0 Å². The summed E-state index contributed by atoms with van der Waals surface area (Å²) in [7, 11) is -3.21. The first-order valence-corrected chi connectivity index (χ1v) is 8.06. The lowest BCUT2D eigenvalue weighted by atomic mass is 10.2. The molecule has 0 fully saturated rings. The van der Waals surface area contributed by atoms with Gasteiger partial charge in [0.15, 0.2) is 9.84 Å². The van der Waals surface area contributed by atoms with E-state index in [2.05, 4.69) is 10.3 Å². The van der Waals surface area contributed by atoms with Crippen LogP contribution in [0, 0.1) is 0 Å². The van der Waals surface area contributed by atoms with Crippen LogP contribution in [0.25, 0.3) is 0 Å². The van der Waals surface area contributed by atoms with Crippen LogP contribution >= 0.6 is 0 Å². The van der Waals surface area contributed by atoms with Crippen LogP contribution in [-0.4, -0.2) is 24.2 Å². The van der Waals surface area contributed by atoms with E-state index < -0.39 is 16.4 Å². The molecule has 0 aliphatic heterocycles. The Morgan fingerprint density at radius 2 is 1.90 bits per heavy atom. The van der Waals surface area contributed by atoms with Crippen LogP contribution in [0.5, 0.6) is 0 Å². The first-order chi connectivity index (χ1) is 9.88. The third-order valence-electron chi connectivity index (χ3n) is 2.92. The Labute approximate surface area is 121 Å². The molecule has 8 heteroatoms. The second-order valence-electron chi connectivity index (χ2n) is 4.55. The van der Waals surface area contributed by atoms with Crippen molar-refractivity contribution in [1.82, 2.24) is 14.9 Å². The van der Waals surface area contributed by atoms with Crippen molar-refractivity contribution < 1.29 is 17.2 Å². The monoisotopic (exact) mass is 315 g/mol. The number of nitrogens with one attached hydrogen (secondary N) is 1. The highest BCUT2D eigenvalue weighted by Crippen LogP contribution is 2.13. The van der Waals surface area contributed by atoms with E-state index in [1.54, 1.807) is 12.1 Å². The van der Waals surface area contributed by atoms with E-state index in [1.807, 2.05) is 0 Å². The second-order valence-corrected chi connectivity index (χ2v) is 6.56. The molecule has 0 bridgehead atoms. The Balaban J connectivity index is 1.93. The van der Waals surface area contributed by atoms with E-state index in [4.69, 9.17) is 0 Å². The highest BCUT2D eigenvalue weighted by atomic mass is 32.2. The smallest absolute Gasteiger partial charge is 0.306 e. The van der Waals surface area contributed by atoms with Gasteiger partial charge in [-0.3, -0.25) is 4.57 Å². The summed E-state index contributed by atoms with van der Waals surface area (Å²) in [5.74, 6) is 0.248. The van der Waals surface area contributed by atoms with Gasteiger partial charge in [0.25, 0.3) is 0 Å². The van der Waals surface area contributed by atoms with Crippen LogP contribution in [0.15, 0.2) is 41.6 Å². The molecule has 0 saturated carbocycles. The van der Waals surface area contributed by atoms with Crippen molar-refractivity contribution in [1.29, 1.82) is 0 Å². The minimum atomic E-state index is -3.21. The van der Waals surface area contributed by atoms with Gasteiger partial charge >= 0.3 is 6.55 Å². The van der Waals surface area contributed by atoms with Crippen molar-refractivity contribution in [3.8, 4) is 0 Å². The largest absolute Gasteiger partial charge is 0.319 e. The van der Waals surface area contributed by atoms with Gasteiger partial charge in [0, 0.05) is 25.2 Å².